The van der Waals surface area contributed by atoms with Gasteiger partial charge in [-0.05, 0) is 47.4 Å². The first-order valence-electron chi connectivity index (χ1n) is 14.4. The van der Waals surface area contributed by atoms with Gasteiger partial charge in [0.25, 0.3) is 0 Å². The molecule has 5 nitrogen and oxygen atoms in total. The van der Waals surface area contributed by atoms with E-state index in [1.807, 2.05) is 28.6 Å². The summed E-state index contributed by atoms with van der Waals surface area (Å²) in [6, 6.07) is 36.7. The molecule has 0 N–H and O–H groups in total. The van der Waals surface area contributed by atoms with Gasteiger partial charge < -0.3 is 9.13 Å². The van der Waals surface area contributed by atoms with Gasteiger partial charge in [-0.15, -0.1) is 0 Å². The van der Waals surface area contributed by atoms with Crippen molar-refractivity contribution in [2.45, 2.75) is 26.2 Å². The van der Waals surface area contributed by atoms with Crippen molar-refractivity contribution in [3.05, 3.63) is 127 Å². The zero-order valence-corrected chi connectivity index (χ0v) is 24.2. The van der Waals surface area contributed by atoms with Gasteiger partial charge in [0.1, 0.15) is 11.3 Å². The minimum Gasteiger partial charge on any atom is -0.326 e. The Labute approximate surface area is 244 Å². The first kappa shape index (κ1) is 24.6. The van der Waals surface area contributed by atoms with Gasteiger partial charge in [-0.3, -0.25) is 9.13 Å². The van der Waals surface area contributed by atoms with Crippen molar-refractivity contribution in [2.75, 3.05) is 0 Å². The highest BCUT2D eigenvalue weighted by Gasteiger charge is 2.29. The van der Waals surface area contributed by atoms with Gasteiger partial charge in [0, 0.05) is 45.3 Å². The number of nitrogens with zero attached hydrogens (tertiary/aromatic N) is 5. The highest BCUT2D eigenvalue weighted by Crippen LogP contribution is 2.45. The summed E-state index contributed by atoms with van der Waals surface area (Å²) in [5.74, 6) is 0. The summed E-state index contributed by atoms with van der Waals surface area (Å²) in [4.78, 5) is 5.59. The highest BCUT2D eigenvalue weighted by molar-refractivity contribution is 6.20. The Hall–Kier alpha value is -5.16. The molecule has 4 heterocycles. The molecule has 42 heavy (non-hydrogen) atoms. The second-order valence-corrected chi connectivity index (χ2v) is 12.1. The lowest BCUT2D eigenvalue weighted by Gasteiger charge is -2.22. The van der Waals surface area contributed by atoms with E-state index < -0.39 is 0 Å². The third kappa shape index (κ3) is 3.56. The van der Waals surface area contributed by atoms with E-state index in [0.29, 0.717) is 0 Å². The summed E-state index contributed by atoms with van der Waals surface area (Å²) in [5, 5.41) is 4.88. The molecular weight excluding hydrogens is 514 g/mol. The van der Waals surface area contributed by atoms with Crippen LogP contribution in [-0.4, -0.2) is 18.7 Å². The van der Waals surface area contributed by atoms with E-state index in [2.05, 4.69) is 139 Å². The molecule has 0 aliphatic carbocycles. The fraction of sp³-hybridized carbons (Fsp3) is 0.135. The third-order valence-corrected chi connectivity index (χ3v) is 8.25. The zero-order chi connectivity index (χ0) is 28.6. The second-order valence-electron chi connectivity index (χ2n) is 12.1. The Morgan fingerprint density at radius 3 is 1.79 bits per heavy atom. The van der Waals surface area contributed by atoms with E-state index in [1.165, 1.54) is 32.6 Å². The van der Waals surface area contributed by atoms with Crippen molar-refractivity contribution in [3.8, 4) is 17.1 Å². The lowest BCUT2D eigenvalue weighted by atomic mass is 9.82. The number of pyridine rings is 1. The van der Waals surface area contributed by atoms with Crippen LogP contribution in [-0.2, 0) is 12.5 Å². The molecule has 0 aliphatic heterocycles. The maximum absolute atomic E-state index is 5.59. The summed E-state index contributed by atoms with van der Waals surface area (Å²) in [7, 11) is 1.99. The summed E-state index contributed by atoms with van der Waals surface area (Å²) < 4.78 is 8.62. The average molecular weight is 546 g/mol. The van der Waals surface area contributed by atoms with Crippen molar-refractivity contribution in [2.24, 2.45) is 7.05 Å². The van der Waals surface area contributed by atoms with E-state index in [9.17, 15) is 0 Å². The van der Waals surface area contributed by atoms with E-state index in [0.717, 1.165) is 33.9 Å². The first-order chi connectivity index (χ1) is 20.4. The molecule has 4 aromatic carbocycles. The van der Waals surface area contributed by atoms with Crippen LogP contribution >= 0.6 is 0 Å². The smallest absolute Gasteiger partial charge is 0.243 e. The van der Waals surface area contributed by atoms with Crippen LogP contribution in [0.2, 0.25) is 0 Å². The molecule has 4 aromatic heterocycles. The predicted octanol–water partition coefficient (Wildman–Crippen LogP) is 7.99. The Morgan fingerprint density at radius 1 is 0.643 bits per heavy atom. The van der Waals surface area contributed by atoms with Gasteiger partial charge in [-0.1, -0.05) is 87.5 Å². The van der Waals surface area contributed by atoms with Gasteiger partial charge in [0.2, 0.25) is 6.33 Å². The Morgan fingerprint density at radius 2 is 1.19 bits per heavy atom. The van der Waals surface area contributed by atoms with E-state index in [4.69, 9.17) is 4.98 Å². The van der Waals surface area contributed by atoms with E-state index in [-0.39, 0.29) is 5.41 Å². The molecule has 0 spiro atoms. The normalized spacial score (nSPS) is 12.3. The monoisotopic (exact) mass is 545 g/mol. The van der Waals surface area contributed by atoms with Gasteiger partial charge in [0.05, 0.1) is 23.8 Å². The molecule has 0 radical (unpaired) electrons. The molecule has 204 valence electrons. The standard InChI is InChI=1S/C37H31N5/c1-37(2,3)34-32-28-17-8-10-19-30(28)41(25-13-6-5-7-14-25)35(32)38-36-33(34)29-18-9-11-20-31(29)42(36)27-16-12-15-26(23-27)40-22-21-39(4)24-40/h5-23H,1-4H3. The molecule has 0 aliphatic rings. The largest absolute Gasteiger partial charge is 0.326 e. The minimum atomic E-state index is -0.142. The number of aromatic nitrogens is 5. The van der Waals surface area contributed by atoms with E-state index >= 15 is 0 Å². The maximum Gasteiger partial charge on any atom is 0.243 e. The SMILES string of the molecule is C[n+]1[c-]n(-c2cccc(-n3c4ccccc4c4c(C(C)(C)C)c5c6ccccc6n(-c6ccccc6)c5nc43)c2)cc1. The fourth-order valence-corrected chi connectivity index (χ4v) is 6.56. The zero-order valence-electron chi connectivity index (χ0n) is 24.2. The highest BCUT2D eigenvalue weighted by atomic mass is 15.1. The van der Waals surface area contributed by atoms with Crippen LogP contribution in [0.4, 0.5) is 0 Å². The number of rotatable bonds is 3. The van der Waals surface area contributed by atoms with Crippen molar-refractivity contribution in [1.29, 1.82) is 0 Å². The molecule has 0 saturated carbocycles. The fourth-order valence-electron chi connectivity index (χ4n) is 6.56. The summed E-state index contributed by atoms with van der Waals surface area (Å²) >= 11 is 0. The molecule has 0 fully saturated rings. The van der Waals surface area contributed by atoms with Gasteiger partial charge >= 0.3 is 0 Å². The van der Waals surface area contributed by atoms with Crippen LogP contribution in [0.15, 0.2) is 116 Å². The van der Waals surface area contributed by atoms with Gasteiger partial charge in [-0.2, -0.15) is 0 Å². The quantitative estimate of drug-likeness (QED) is 0.164. The lowest BCUT2D eigenvalue weighted by Crippen LogP contribution is -2.24. The third-order valence-electron chi connectivity index (χ3n) is 8.25. The number of imidazole rings is 1. The molecule has 0 atom stereocenters. The van der Waals surface area contributed by atoms with Crippen LogP contribution in [0.25, 0.3) is 60.9 Å². The van der Waals surface area contributed by atoms with Gasteiger partial charge in [-0.25, -0.2) is 4.98 Å². The lowest BCUT2D eigenvalue weighted by molar-refractivity contribution is -0.674. The average Bonchev–Trinajstić information content (AvgIpc) is 3.67. The maximum atomic E-state index is 5.59. The van der Waals surface area contributed by atoms with Crippen molar-refractivity contribution in [3.63, 3.8) is 0 Å². The number of para-hydroxylation sites is 3. The van der Waals surface area contributed by atoms with Crippen LogP contribution in [0.5, 0.6) is 0 Å². The van der Waals surface area contributed by atoms with E-state index in [1.54, 1.807) is 0 Å². The molecule has 0 amide bonds. The molecule has 0 bridgehead atoms. The summed E-state index contributed by atoms with van der Waals surface area (Å²) in [6.07, 6.45) is 7.37. The second kappa shape index (κ2) is 8.92. The topological polar surface area (TPSA) is 31.6 Å². The van der Waals surface area contributed by atoms with Crippen molar-refractivity contribution >= 4 is 43.9 Å². The first-order valence-corrected chi connectivity index (χ1v) is 14.4. The summed E-state index contributed by atoms with van der Waals surface area (Å²) in [5.41, 5.74) is 8.66. The van der Waals surface area contributed by atoms with Crippen molar-refractivity contribution < 1.29 is 4.57 Å². The summed E-state index contributed by atoms with van der Waals surface area (Å²) in [6.45, 7) is 6.97. The molecule has 0 saturated heterocycles. The van der Waals surface area contributed by atoms with Crippen LogP contribution in [0, 0.1) is 6.33 Å². The van der Waals surface area contributed by atoms with Gasteiger partial charge in [0.15, 0.2) is 0 Å². The van der Waals surface area contributed by atoms with Crippen LogP contribution < -0.4 is 4.57 Å². The number of hydrogen-bond acceptors (Lipinski definition) is 1. The molecule has 5 heteroatoms. The number of aryl methyl sites for hydroxylation is 1. The molecule has 8 aromatic rings. The molecular formula is C37H31N5. The Bertz CT molecular complexity index is 2290. The molecule has 8 rings (SSSR count). The van der Waals surface area contributed by atoms with Crippen molar-refractivity contribution in [1.82, 2.24) is 18.7 Å². The number of fused-ring (bicyclic) bond motifs is 6. The Kier molecular flexibility index (Phi) is 5.23. The number of benzene rings is 4. The number of hydrogen-bond donors (Lipinski definition) is 0. The molecule has 0 unspecified atom stereocenters. The van der Waals surface area contributed by atoms with Crippen LogP contribution in [0.3, 0.4) is 0 Å². The Balaban J connectivity index is 1.58. The minimum absolute atomic E-state index is 0.142. The van der Waals surface area contributed by atoms with Crippen LogP contribution in [0.1, 0.15) is 26.3 Å². The predicted molar refractivity (Wildman–Crippen MR) is 171 cm³/mol.